The number of nitrogens with zero attached hydrogens (tertiary/aromatic N) is 2. The van der Waals surface area contributed by atoms with Crippen LogP contribution >= 0.6 is 0 Å². The van der Waals surface area contributed by atoms with E-state index in [9.17, 15) is 0 Å². The van der Waals surface area contributed by atoms with Gasteiger partial charge in [-0.05, 0) is 24.6 Å². The van der Waals surface area contributed by atoms with Crippen molar-refractivity contribution in [3.63, 3.8) is 0 Å². The summed E-state index contributed by atoms with van der Waals surface area (Å²) in [6, 6.07) is 7.72. The second kappa shape index (κ2) is 5.01. The number of ether oxygens (including phenoxy) is 1. The number of benzene rings is 1. The third kappa shape index (κ3) is 2.65. The Balaban J connectivity index is 2.16. The fourth-order valence-electron chi connectivity index (χ4n) is 1.73. The molecular formula is C13H17N3O. The lowest BCUT2D eigenvalue weighted by atomic mass is 10.0. The van der Waals surface area contributed by atoms with Crippen molar-refractivity contribution in [2.75, 3.05) is 6.61 Å². The number of nitrogens with two attached hydrogens (primary N) is 1. The van der Waals surface area contributed by atoms with Crippen LogP contribution in [0.2, 0.25) is 0 Å². The molecule has 1 aromatic heterocycles. The smallest absolute Gasteiger partial charge is 0.119 e. The van der Waals surface area contributed by atoms with Gasteiger partial charge in [-0.1, -0.05) is 12.1 Å². The number of rotatable bonds is 4. The molecule has 4 nitrogen and oxygen atoms in total. The highest BCUT2D eigenvalue weighted by molar-refractivity contribution is 5.33. The summed E-state index contributed by atoms with van der Waals surface area (Å²) in [5, 5.41) is 4.12. The standard InChI is InChI=1S/C13H17N3O/c1-3-17-12-6-4-10(5-7-12)13(14)11-8-15-16(2)9-11/h4-9,13H,3,14H2,1-2H3. The van der Waals surface area contributed by atoms with E-state index in [2.05, 4.69) is 5.10 Å². The SMILES string of the molecule is CCOc1ccc(C(N)c2cnn(C)c2)cc1. The van der Waals surface area contributed by atoms with Gasteiger partial charge in [0.15, 0.2) is 0 Å². The molecule has 0 aliphatic carbocycles. The summed E-state index contributed by atoms with van der Waals surface area (Å²) in [5.74, 6) is 0.870. The first kappa shape index (κ1) is 11.7. The molecule has 0 amide bonds. The molecular weight excluding hydrogens is 214 g/mol. The lowest BCUT2D eigenvalue weighted by Crippen LogP contribution is -2.10. The van der Waals surface area contributed by atoms with Gasteiger partial charge in [-0.3, -0.25) is 4.68 Å². The Bertz CT molecular complexity index is 476. The predicted molar refractivity (Wildman–Crippen MR) is 66.8 cm³/mol. The molecule has 0 spiro atoms. The Morgan fingerprint density at radius 2 is 2.00 bits per heavy atom. The van der Waals surface area contributed by atoms with Crippen LogP contribution < -0.4 is 10.5 Å². The normalized spacial score (nSPS) is 12.4. The summed E-state index contributed by atoms with van der Waals surface area (Å²) in [6.45, 7) is 2.64. The average Bonchev–Trinajstić information content (AvgIpc) is 2.76. The van der Waals surface area contributed by atoms with Crippen molar-refractivity contribution in [1.82, 2.24) is 9.78 Å². The number of hydrogen-bond donors (Lipinski definition) is 1. The van der Waals surface area contributed by atoms with E-state index >= 15 is 0 Å². The van der Waals surface area contributed by atoms with Crippen molar-refractivity contribution in [1.29, 1.82) is 0 Å². The molecule has 2 rings (SSSR count). The molecule has 0 saturated carbocycles. The van der Waals surface area contributed by atoms with Gasteiger partial charge in [-0.25, -0.2) is 0 Å². The van der Waals surface area contributed by atoms with E-state index in [-0.39, 0.29) is 6.04 Å². The quantitative estimate of drug-likeness (QED) is 0.874. The van der Waals surface area contributed by atoms with Crippen LogP contribution in [-0.2, 0) is 7.05 Å². The molecule has 0 radical (unpaired) electrons. The lowest BCUT2D eigenvalue weighted by Gasteiger charge is -2.10. The highest BCUT2D eigenvalue weighted by Crippen LogP contribution is 2.21. The van der Waals surface area contributed by atoms with Crippen LogP contribution in [0.4, 0.5) is 0 Å². The zero-order valence-corrected chi connectivity index (χ0v) is 10.1. The topological polar surface area (TPSA) is 53.1 Å². The maximum Gasteiger partial charge on any atom is 0.119 e. The maximum atomic E-state index is 6.16. The van der Waals surface area contributed by atoms with Gasteiger partial charge >= 0.3 is 0 Å². The predicted octanol–water partition coefficient (Wildman–Crippen LogP) is 1.87. The number of aromatic nitrogens is 2. The van der Waals surface area contributed by atoms with Gasteiger partial charge in [0.1, 0.15) is 5.75 Å². The Morgan fingerprint density at radius 1 is 1.29 bits per heavy atom. The fraction of sp³-hybridized carbons (Fsp3) is 0.308. The highest BCUT2D eigenvalue weighted by atomic mass is 16.5. The fourth-order valence-corrected chi connectivity index (χ4v) is 1.73. The van der Waals surface area contributed by atoms with Gasteiger partial charge in [0, 0.05) is 18.8 Å². The maximum absolute atomic E-state index is 6.16. The zero-order chi connectivity index (χ0) is 12.3. The monoisotopic (exact) mass is 231 g/mol. The summed E-state index contributed by atoms with van der Waals surface area (Å²) < 4.78 is 7.15. The van der Waals surface area contributed by atoms with Crippen molar-refractivity contribution in [3.05, 3.63) is 47.8 Å². The van der Waals surface area contributed by atoms with Crippen molar-refractivity contribution in [2.24, 2.45) is 12.8 Å². The minimum atomic E-state index is -0.139. The summed E-state index contributed by atoms with van der Waals surface area (Å²) in [4.78, 5) is 0. The summed E-state index contributed by atoms with van der Waals surface area (Å²) in [7, 11) is 1.88. The molecule has 17 heavy (non-hydrogen) atoms. The van der Waals surface area contributed by atoms with Crippen molar-refractivity contribution < 1.29 is 4.74 Å². The first-order valence-electron chi connectivity index (χ1n) is 5.67. The van der Waals surface area contributed by atoms with Gasteiger partial charge in [-0.2, -0.15) is 5.10 Å². The van der Waals surface area contributed by atoms with Crippen molar-refractivity contribution in [2.45, 2.75) is 13.0 Å². The van der Waals surface area contributed by atoms with E-state index in [1.54, 1.807) is 10.9 Å². The molecule has 0 fully saturated rings. The minimum Gasteiger partial charge on any atom is -0.494 e. The molecule has 0 aliphatic rings. The summed E-state index contributed by atoms with van der Waals surface area (Å²) >= 11 is 0. The van der Waals surface area contributed by atoms with Crippen molar-refractivity contribution in [3.8, 4) is 5.75 Å². The lowest BCUT2D eigenvalue weighted by molar-refractivity contribution is 0.340. The van der Waals surface area contributed by atoms with E-state index in [1.807, 2.05) is 44.4 Å². The third-order valence-electron chi connectivity index (χ3n) is 2.63. The molecule has 90 valence electrons. The Hall–Kier alpha value is -1.81. The third-order valence-corrected chi connectivity index (χ3v) is 2.63. The Kier molecular flexibility index (Phi) is 3.44. The molecule has 1 heterocycles. The van der Waals surface area contributed by atoms with Crippen LogP contribution in [0.1, 0.15) is 24.1 Å². The molecule has 0 saturated heterocycles. The van der Waals surface area contributed by atoms with E-state index < -0.39 is 0 Å². The van der Waals surface area contributed by atoms with Crippen LogP contribution in [0.3, 0.4) is 0 Å². The van der Waals surface area contributed by atoms with Crippen LogP contribution in [0.25, 0.3) is 0 Å². The number of hydrogen-bond acceptors (Lipinski definition) is 3. The Labute approximate surface area is 101 Å². The van der Waals surface area contributed by atoms with Gasteiger partial charge in [0.25, 0.3) is 0 Å². The second-order valence-corrected chi connectivity index (χ2v) is 3.93. The number of aryl methyl sites for hydroxylation is 1. The molecule has 2 N–H and O–H groups in total. The molecule has 0 aliphatic heterocycles. The van der Waals surface area contributed by atoms with Crippen LogP contribution in [0.5, 0.6) is 5.75 Å². The van der Waals surface area contributed by atoms with E-state index in [4.69, 9.17) is 10.5 Å². The Morgan fingerprint density at radius 3 is 2.53 bits per heavy atom. The zero-order valence-electron chi connectivity index (χ0n) is 10.1. The van der Waals surface area contributed by atoms with Gasteiger partial charge in [0.05, 0.1) is 18.8 Å². The summed E-state index contributed by atoms with van der Waals surface area (Å²) in [5.41, 5.74) is 8.23. The van der Waals surface area contributed by atoms with E-state index in [0.717, 1.165) is 16.9 Å². The second-order valence-electron chi connectivity index (χ2n) is 3.93. The molecule has 2 aromatic rings. The van der Waals surface area contributed by atoms with Gasteiger partial charge < -0.3 is 10.5 Å². The van der Waals surface area contributed by atoms with E-state index in [1.165, 1.54) is 0 Å². The first-order valence-corrected chi connectivity index (χ1v) is 5.67. The molecule has 4 heteroatoms. The largest absolute Gasteiger partial charge is 0.494 e. The highest BCUT2D eigenvalue weighted by Gasteiger charge is 2.10. The van der Waals surface area contributed by atoms with E-state index in [0.29, 0.717) is 6.61 Å². The van der Waals surface area contributed by atoms with Crippen LogP contribution in [-0.4, -0.2) is 16.4 Å². The van der Waals surface area contributed by atoms with Gasteiger partial charge in [0.2, 0.25) is 0 Å². The van der Waals surface area contributed by atoms with Crippen molar-refractivity contribution >= 4 is 0 Å². The minimum absolute atomic E-state index is 0.139. The van der Waals surface area contributed by atoms with Crippen LogP contribution in [0.15, 0.2) is 36.7 Å². The van der Waals surface area contributed by atoms with Gasteiger partial charge in [-0.15, -0.1) is 0 Å². The summed E-state index contributed by atoms with van der Waals surface area (Å²) in [6.07, 6.45) is 3.72. The molecule has 1 atom stereocenters. The molecule has 1 unspecified atom stereocenters. The molecule has 1 aromatic carbocycles. The average molecular weight is 231 g/mol. The molecule has 0 bridgehead atoms. The van der Waals surface area contributed by atoms with Crippen LogP contribution in [0, 0.1) is 0 Å². The first-order chi connectivity index (χ1) is 8.20.